The van der Waals surface area contributed by atoms with Crippen molar-refractivity contribution in [1.82, 2.24) is 15.5 Å². The first-order valence-electron chi connectivity index (χ1n) is 10.9. The molecule has 0 aliphatic heterocycles. The second-order valence-electron chi connectivity index (χ2n) is 7.70. The summed E-state index contributed by atoms with van der Waals surface area (Å²) in [7, 11) is 0. The standard InChI is InChI=1S/C26H23BrN4O3S/c27-21-13-11-20(12-14-21)25-30-31-26(35-25)29-24(33)22(15-18-7-3-1-4-8-18)28-23(32)17-34-16-19-9-5-2-6-10-19/h1-14,22H,15-17H2,(H,28,32)(H,29,31,33). The molecule has 0 bridgehead atoms. The number of hydrogen-bond donors (Lipinski definition) is 2. The van der Waals surface area contributed by atoms with Crippen molar-refractivity contribution in [3.63, 3.8) is 0 Å². The number of halogens is 1. The topological polar surface area (TPSA) is 93.2 Å². The van der Waals surface area contributed by atoms with Gasteiger partial charge < -0.3 is 10.1 Å². The molecule has 178 valence electrons. The Morgan fingerprint density at radius 2 is 1.54 bits per heavy atom. The fourth-order valence-electron chi connectivity index (χ4n) is 3.31. The SMILES string of the molecule is O=C(COCc1ccccc1)NC(Cc1ccccc1)C(=O)Nc1nnc(-c2ccc(Br)cc2)s1. The molecule has 0 radical (unpaired) electrons. The summed E-state index contributed by atoms with van der Waals surface area (Å²) in [5.74, 6) is -0.742. The summed E-state index contributed by atoms with van der Waals surface area (Å²) in [4.78, 5) is 25.7. The number of ether oxygens (including phenoxy) is 1. The highest BCUT2D eigenvalue weighted by atomic mass is 79.9. The third-order valence-electron chi connectivity index (χ3n) is 5.03. The van der Waals surface area contributed by atoms with Crippen molar-refractivity contribution in [2.24, 2.45) is 0 Å². The third-order valence-corrected chi connectivity index (χ3v) is 6.44. The highest BCUT2D eigenvalue weighted by Crippen LogP contribution is 2.27. The van der Waals surface area contributed by atoms with Crippen LogP contribution in [0.5, 0.6) is 0 Å². The van der Waals surface area contributed by atoms with Gasteiger partial charge in [-0.15, -0.1) is 10.2 Å². The highest BCUT2D eigenvalue weighted by Gasteiger charge is 2.23. The average molecular weight is 551 g/mol. The van der Waals surface area contributed by atoms with Gasteiger partial charge in [0.1, 0.15) is 17.7 Å². The second-order valence-corrected chi connectivity index (χ2v) is 9.59. The Balaban J connectivity index is 1.39. The van der Waals surface area contributed by atoms with Gasteiger partial charge in [-0.25, -0.2) is 0 Å². The van der Waals surface area contributed by atoms with Crippen molar-refractivity contribution in [2.75, 3.05) is 11.9 Å². The lowest BCUT2D eigenvalue weighted by Gasteiger charge is -2.18. The maximum Gasteiger partial charge on any atom is 0.249 e. The fourth-order valence-corrected chi connectivity index (χ4v) is 4.32. The number of benzene rings is 3. The van der Waals surface area contributed by atoms with Crippen LogP contribution in [0.1, 0.15) is 11.1 Å². The Kier molecular flexibility index (Phi) is 8.72. The number of carbonyl (C=O) groups excluding carboxylic acids is 2. The van der Waals surface area contributed by atoms with E-state index in [4.69, 9.17) is 4.74 Å². The average Bonchev–Trinajstić information content (AvgIpc) is 3.34. The van der Waals surface area contributed by atoms with Crippen molar-refractivity contribution < 1.29 is 14.3 Å². The van der Waals surface area contributed by atoms with E-state index < -0.39 is 6.04 Å². The number of aromatic nitrogens is 2. The quantitative estimate of drug-likeness (QED) is 0.294. The molecule has 0 fully saturated rings. The van der Waals surface area contributed by atoms with Crippen molar-refractivity contribution in [2.45, 2.75) is 19.1 Å². The Bertz CT molecular complexity index is 1250. The predicted molar refractivity (Wildman–Crippen MR) is 140 cm³/mol. The van der Waals surface area contributed by atoms with E-state index in [1.807, 2.05) is 84.9 Å². The molecule has 0 aliphatic rings. The zero-order chi connectivity index (χ0) is 24.5. The van der Waals surface area contributed by atoms with Crippen molar-refractivity contribution >= 4 is 44.2 Å². The van der Waals surface area contributed by atoms with E-state index in [0.29, 0.717) is 23.2 Å². The number of nitrogens with one attached hydrogen (secondary N) is 2. The Morgan fingerprint density at radius 3 is 2.23 bits per heavy atom. The molecule has 1 atom stereocenters. The van der Waals surface area contributed by atoms with E-state index in [1.54, 1.807) is 0 Å². The monoisotopic (exact) mass is 550 g/mol. The van der Waals surface area contributed by atoms with Crippen LogP contribution in [0.2, 0.25) is 0 Å². The number of rotatable bonds is 10. The van der Waals surface area contributed by atoms with Gasteiger partial charge in [-0.2, -0.15) is 0 Å². The predicted octanol–water partition coefficient (Wildman–Crippen LogP) is 4.85. The summed E-state index contributed by atoms with van der Waals surface area (Å²) in [6.07, 6.45) is 0.329. The minimum Gasteiger partial charge on any atom is -0.367 e. The van der Waals surface area contributed by atoms with Crippen molar-refractivity contribution in [3.05, 3.63) is 101 Å². The van der Waals surface area contributed by atoms with E-state index in [1.165, 1.54) is 11.3 Å². The smallest absolute Gasteiger partial charge is 0.249 e. The highest BCUT2D eigenvalue weighted by molar-refractivity contribution is 9.10. The Morgan fingerprint density at radius 1 is 0.886 bits per heavy atom. The van der Waals surface area contributed by atoms with Crippen LogP contribution in [0, 0.1) is 0 Å². The molecule has 3 aromatic carbocycles. The number of anilines is 1. The lowest BCUT2D eigenvalue weighted by atomic mass is 10.1. The van der Waals surface area contributed by atoms with Crippen LogP contribution in [-0.2, 0) is 27.4 Å². The minimum atomic E-state index is -0.801. The van der Waals surface area contributed by atoms with Gasteiger partial charge in [-0.05, 0) is 23.3 Å². The van der Waals surface area contributed by atoms with Crippen LogP contribution in [-0.4, -0.2) is 34.7 Å². The minimum absolute atomic E-state index is 0.153. The summed E-state index contributed by atoms with van der Waals surface area (Å²) in [5.41, 5.74) is 2.79. The zero-order valence-corrected chi connectivity index (χ0v) is 21.1. The maximum absolute atomic E-state index is 13.1. The van der Waals surface area contributed by atoms with E-state index in [0.717, 1.165) is 21.2 Å². The molecule has 7 nitrogen and oxygen atoms in total. The van der Waals surface area contributed by atoms with E-state index >= 15 is 0 Å². The van der Waals surface area contributed by atoms with Gasteiger partial charge in [0.05, 0.1) is 6.61 Å². The molecule has 35 heavy (non-hydrogen) atoms. The Labute approximate surface area is 215 Å². The van der Waals surface area contributed by atoms with E-state index in [-0.39, 0.29) is 18.4 Å². The fraction of sp³-hybridized carbons (Fsp3) is 0.154. The first-order chi connectivity index (χ1) is 17.1. The van der Waals surface area contributed by atoms with E-state index in [9.17, 15) is 9.59 Å². The van der Waals surface area contributed by atoms with Gasteiger partial charge in [0.2, 0.25) is 16.9 Å². The Hall–Kier alpha value is -3.40. The van der Waals surface area contributed by atoms with Gasteiger partial charge in [-0.1, -0.05) is 100 Å². The third kappa shape index (κ3) is 7.54. The number of amides is 2. The number of hydrogen-bond acceptors (Lipinski definition) is 6. The number of carbonyl (C=O) groups is 2. The first-order valence-corrected chi connectivity index (χ1v) is 12.5. The van der Waals surface area contributed by atoms with Crippen molar-refractivity contribution in [1.29, 1.82) is 0 Å². The molecule has 9 heteroatoms. The molecule has 0 spiro atoms. The molecular formula is C26H23BrN4O3S. The number of nitrogens with zero attached hydrogens (tertiary/aromatic N) is 2. The van der Waals surface area contributed by atoms with Crippen LogP contribution < -0.4 is 10.6 Å². The van der Waals surface area contributed by atoms with Gasteiger partial charge in [0.15, 0.2) is 0 Å². The van der Waals surface area contributed by atoms with Crippen LogP contribution >= 0.6 is 27.3 Å². The van der Waals surface area contributed by atoms with Gasteiger partial charge in [0, 0.05) is 16.5 Å². The van der Waals surface area contributed by atoms with Crippen LogP contribution in [0.25, 0.3) is 10.6 Å². The summed E-state index contributed by atoms with van der Waals surface area (Å²) in [6, 6.07) is 26.0. The molecule has 2 amide bonds. The molecule has 1 unspecified atom stereocenters. The lowest BCUT2D eigenvalue weighted by Crippen LogP contribution is -2.46. The maximum atomic E-state index is 13.1. The van der Waals surface area contributed by atoms with E-state index in [2.05, 4.69) is 36.8 Å². The molecule has 4 rings (SSSR count). The molecule has 4 aromatic rings. The molecule has 1 aromatic heterocycles. The molecule has 0 saturated carbocycles. The van der Waals surface area contributed by atoms with Gasteiger partial charge in [0.25, 0.3) is 0 Å². The zero-order valence-electron chi connectivity index (χ0n) is 18.7. The lowest BCUT2D eigenvalue weighted by molar-refractivity contribution is -0.130. The summed E-state index contributed by atoms with van der Waals surface area (Å²) >= 11 is 4.68. The first kappa shape index (κ1) is 24.7. The summed E-state index contributed by atoms with van der Waals surface area (Å²) in [6.45, 7) is 0.160. The summed E-state index contributed by atoms with van der Waals surface area (Å²) in [5, 5.41) is 14.9. The molecule has 2 N–H and O–H groups in total. The van der Waals surface area contributed by atoms with Gasteiger partial charge >= 0.3 is 0 Å². The molecule has 1 heterocycles. The van der Waals surface area contributed by atoms with Crippen LogP contribution in [0.4, 0.5) is 5.13 Å². The second kappa shape index (κ2) is 12.3. The van der Waals surface area contributed by atoms with Crippen molar-refractivity contribution in [3.8, 4) is 10.6 Å². The molecule has 0 aliphatic carbocycles. The van der Waals surface area contributed by atoms with Crippen LogP contribution in [0.15, 0.2) is 89.4 Å². The molecule has 0 saturated heterocycles. The largest absolute Gasteiger partial charge is 0.367 e. The van der Waals surface area contributed by atoms with Gasteiger partial charge in [-0.3, -0.25) is 14.9 Å². The molecular weight excluding hydrogens is 528 g/mol. The summed E-state index contributed by atoms with van der Waals surface area (Å²) < 4.78 is 6.49. The van der Waals surface area contributed by atoms with Crippen LogP contribution in [0.3, 0.4) is 0 Å². The normalized spacial score (nSPS) is 11.6.